The van der Waals surface area contributed by atoms with Crippen molar-refractivity contribution in [1.29, 1.82) is 5.26 Å². The molecule has 2 fully saturated rings. The Balaban J connectivity index is 1.53. The van der Waals surface area contributed by atoms with Crippen LogP contribution in [-0.2, 0) is 9.53 Å². The molecule has 36 heavy (non-hydrogen) atoms. The van der Waals surface area contributed by atoms with Crippen molar-refractivity contribution in [3.8, 4) is 6.07 Å². The normalized spacial score (nSPS) is 17.4. The molecule has 2 aliphatic rings. The highest BCUT2D eigenvalue weighted by Crippen LogP contribution is 2.39. The summed E-state index contributed by atoms with van der Waals surface area (Å²) in [7, 11) is 0. The number of likely N-dealkylation sites (tertiary alicyclic amines) is 1. The van der Waals surface area contributed by atoms with Crippen LogP contribution in [0.1, 0.15) is 32.3 Å². The minimum Gasteiger partial charge on any atom is -0.448 e. The second-order valence-electron chi connectivity index (χ2n) is 9.07. The number of carbonyl (C=O) groups excluding carboxylic acids is 2. The van der Waals surface area contributed by atoms with Crippen molar-refractivity contribution in [2.75, 3.05) is 41.4 Å². The topological polar surface area (TPSA) is 88.9 Å². The molecule has 4 rings (SSSR count). The minimum absolute atomic E-state index is 0.225. The van der Waals surface area contributed by atoms with Crippen LogP contribution in [0.15, 0.2) is 36.4 Å². The summed E-state index contributed by atoms with van der Waals surface area (Å²) in [6.07, 6.45) is 1.73. The van der Waals surface area contributed by atoms with Crippen molar-refractivity contribution in [2.24, 2.45) is 0 Å². The molecule has 2 heterocycles. The van der Waals surface area contributed by atoms with Crippen molar-refractivity contribution in [1.82, 2.24) is 4.90 Å². The van der Waals surface area contributed by atoms with Gasteiger partial charge in [-0.2, -0.15) is 5.26 Å². The maximum Gasteiger partial charge on any atom is 0.411 e. The first kappa shape index (κ1) is 26.2. The lowest BCUT2D eigenvalue weighted by Gasteiger charge is -2.30. The molecule has 188 valence electrons. The van der Waals surface area contributed by atoms with E-state index in [1.807, 2.05) is 6.07 Å². The van der Waals surface area contributed by atoms with Gasteiger partial charge in [0.15, 0.2) is 5.11 Å². The number of thiocarbonyl (C=S) groups is 1. The predicted molar refractivity (Wildman–Crippen MR) is 145 cm³/mol. The SMILES string of the molecule is CC1(C)C(=O)N(c2ccc(C#N)c(Cl)c2)C(=S)N1c1ccc(Cl)c(NC(=O)OCCN2CCCC2)c1. The summed E-state index contributed by atoms with van der Waals surface area (Å²) in [5, 5.41) is 12.6. The number of nitrogens with one attached hydrogen (secondary N) is 1. The lowest BCUT2D eigenvalue weighted by atomic mass is 10.0. The first-order chi connectivity index (χ1) is 17.1. The lowest BCUT2D eigenvalue weighted by molar-refractivity contribution is -0.120. The standard InChI is InChI=1S/C25H25Cl2N5O3S/c1-25(2)22(33)31(17-6-5-16(15-28)20(27)13-17)24(36)32(25)18-7-8-19(26)21(14-18)29-23(34)35-12-11-30-9-3-4-10-30/h5-8,13-14H,3-4,9-12H2,1-2H3,(H,29,34). The fraction of sp³-hybridized carbons (Fsp3) is 0.360. The number of carbonyl (C=O) groups is 2. The molecule has 2 saturated heterocycles. The van der Waals surface area contributed by atoms with Crippen molar-refractivity contribution in [2.45, 2.75) is 32.2 Å². The number of anilines is 3. The van der Waals surface area contributed by atoms with Gasteiger partial charge in [0.2, 0.25) is 0 Å². The molecule has 0 aliphatic carbocycles. The molecule has 8 nitrogen and oxygen atoms in total. The molecule has 0 atom stereocenters. The molecule has 2 amide bonds. The zero-order valence-corrected chi connectivity index (χ0v) is 22.2. The molecule has 0 saturated carbocycles. The van der Waals surface area contributed by atoms with Gasteiger partial charge in [-0.05, 0) is 88.4 Å². The lowest BCUT2D eigenvalue weighted by Crippen LogP contribution is -2.44. The number of ether oxygens (including phenoxy) is 1. The van der Waals surface area contributed by atoms with Crippen LogP contribution in [0.2, 0.25) is 10.0 Å². The Bertz CT molecular complexity index is 1260. The first-order valence-electron chi connectivity index (χ1n) is 11.5. The smallest absolute Gasteiger partial charge is 0.411 e. The number of halogens is 2. The molecule has 0 unspecified atom stereocenters. The second-order valence-corrected chi connectivity index (χ2v) is 10.2. The van der Waals surface area contributed by atoms with Crippen LogP contribution in [-0.4, -0.2) is 53.8 Å². The average Bonchev–Trinajstić information content (AvgIpc) is 3.40. The second kappa shape index (κ2) is 10.6. The summed E-state index contributed by atoms with van der Waals surface area (Å²) in [4.78, 5) is 31.1. The number of nitrogens with zero attached hydrogens (tertiary/aromatic N) is 4. The number of amides is 2. The van der Waals surface area contributed by atoms with Crippen molar-refractivity contribution >= 4 is 69.6 Å². The van der Waals surface area contributed by atoms with Gasteiger partial charge >= 0.3 is 6.09 Å². The minimum atomic E-state index is -1.04. The van der Waals surface area contributed by atoms with Gasteiger partial charge in [0, 0.05) is 12.2 Å². The number of nitriles is 1. The molecule has 0 radical (unpaired) electrons. The van der Waals surface area contributed by atoms with Crippen LogP contribution in [0.4, 0.5) is 21.9 Å². The van der Waals surface area contributed by atoms with Gasteiger partial charge in [-0.1, -0.05) is 23.2 Å². The summed E-state index contributed by atoms with van der Waals surface area (Å²) >= 11 is 18.2. The third kappa shape index (κ3) is 5.13. The molecule has 0 aromatic heterocycles. The number of hydrogen-bond acceptors (Lipinski definition) is 6. The molecular formula is C25H25Cl2N5O3S. The van der Waals surface area contributed by atoms with E-state index >= 15 is 0 Å². The van der Waals surface area contributed by atoms with E-state index in [0.29, 0.717) is 34.2 Å². The number of rotatable bonds is 6. The fourth-order valence-electron chi connectivity index (χ4n) is 4.36. The molecule has 0 bridgehead atoms. The molecule has 0 spiro atoms. The van der Waals surface area contributed by atoms with Crippen molar-refractivity contribution in [3.63, 3.8) is 0 Å². The van der Waals surface area contributed by atoms with E-state index in [-0.39, 0.29) is 22.6 Å². The highest BCUT2D eigenvalue weighted by molar-refractivity contribution is 7.81. The van der Waals surface area contributed by atoms with Crippen molar-refractivity contribution in [3.05, 3.63) is 52.0 Å². The van der Waals surface area contributed by atoms with E-state index in [2.05, 4.69) is 10.2 Å². The highest BCUT2D eigenvalue weighted by Gasteiger charge is 2.50. The zero-order valence-electron chi connectivity index (χ0n) is 19.9. The summed E-state index contributed by atoms with van der Waals surface area (Å²) in [6, 6.07) is 11.7. The zero-order chi connectivity index (χ0) is 26.0. The van der Waals surface area contributed by atoms with Crippen LogP contribution in [0.5, 0.6) is 0 Å². The predicted octanol–water partition coefficient (Wildman–Crippen LogP) is 5.43. The Morgan fingerprint density at radius 1 is 1.14 bits per heavy atom. The molecule has 11 heteroatoms. The number of hydrogen-bond donors (Lipinski definition) is 1. The molecule has 1 N–H and O–H groups in total. The van der Waals surface area contributed by atoms with E-state index in [0.717, 1.165) is 13.1 Å². The molecular weight excluding hydrogens is 521 g/mol. The summed E-state index contributed by atoms with van der Waals surface area (Å²) < 4.78 is 5.32. The monoisotopic (exact) mass is 545 g/mol. The van der Waals surface area contributed by atoms with E-state index in [1.165, 1.54) is 23.8 Å². The summed E-state index contributed by atoms with van der Waals surface area (Å²) in [6.45, 7) is 6.52. The van der Waals surface area contributed by atoms with E-state index in [9.17, 15) is 9.59 Å². The first-order valence-corrected chi connectivity index (χ1v) is 12.6. The van der Waals surface area contributed by atoms with E-state index in [4.69, 9.17) is 45.4 Å². The van der Waals surface area contributed by atoms with Gasteiger partial charge in [-0.25, -0.2) is 4.79 Å². The Kier molecular flexibility index (Phi) is 7.71. The van der Waals surface area contributed by atoms with Gasteiger partial charge in [-0.15, -0.1) is 0 Å². The van der Waals surface area contributed by atoms with Crippen LogP contribution in [0.3, 0.4) is 0 Å². The van der Waals surface area contributed by atoms with E-state index in [1.54, 1.807) is 49.1 Å². The van der Waals surface area contributed by atoms with Crippen molar-refractivity contribution < 1.29 is 14.3 Å². The van der Waals surface area contributed by atoms with Crippen LogP contribution >= 0.6 is 35.4 Å². The summed E-state index contributed by atoms with van der Waals surface area (Å²) in [5.41, 5.74) is 0.621. The number of benzene rings is 2. The third-order valence-electron chi connectivity index (χ3n) is 6.28. The average molecular weight is 546 g/mol. The maximum absolute atomic E-state index is 13.4. The van der Waals surface area contributed by atoms with Crippen LogP contribution in [0.25, 0.3) is 0 Å². The Morgan fingerprint density at radius 3 is 2.50 bits per heavy atom. The van der Waals surface area contributed by atoms with Gasteiger partial charge in [0.1, 0.15) is 18.2 Å². The molecule has 2 aromatic carbocycles. The third-order valence-corrected chi connectivity index (χ3v) is 7.29. The Labute approximate surface area is 225 Å². The Hall–Kier alpha value is -2.90. The van der Waals surface area contributed by atoms with Crippen LogP contribution in [0, 0.1) is 11.3 Å². The summed E-state index contributed by atoms with van der Waals surface area (Å²) in [5.74, 6) is -0.265. The fourth-order valence-corrected chi connectivity index (χ4v) is 5.26. The quantitative estimate of drug-likeness (QED) is 0.484. The van der Waals surface area contributed by atoms with Gasteiger partial charge < -0.3 is 9.64 Å². The van der Waals surface area contributed by atoms with Crippen LogP contribution < -0.4 is 15.1 Å². The molecule has 2 aromatic rings. The van der Waals surface area contributed by atoms with Gasteiger partial charge in [0.25, 0.3) is 5.91 Å². The molecule has 2 aliphatic heterocycles. The van der Waals surface area contributed by atoms with Gasteiger partial charge in [0.05, 0.1) is 27.0 Å². The van der Waals surface area contributed by atoms with E-state index < -0.39 is 11.6 Å². The largest absolute Gasteiger partial charge is 0.448 e. The Morgan fingerprint density at radius 2 is 1.83 bits per heavy atom. The highest BCUT2D eigenvalue weighted by atomic mass is 35.5. The maximum atomic E-state index is 13.4. The van der Waals surface area contributed by atoms with Gasteiger partial charge in [-0.3, -0.25) is 19.9 Å².